The molecule has 3 aliphatic rings. The Morgan fingerprint density at radius 2 is 1.78 bits per heavy atom. The Labute approximate surface area is 241 Å². The number of esters is 1. The second-order valence-corrected chi connectivity index (χ2v) is 13.5. The van der Waals surface area contributed by atoms with Crippen LogP contribution in [0.1, 0.15) is 54.4 Å². The minimum atomic E-state index is -2.93. The van der Waals surface area contributed by atoms with Crippen LogP contribution in [0, 0.1) is 12.8 Å². The number of hydrogen-bond donors (Lipinski definition) is 0. The lowest BCUT2D eigenvalue weighted by molar-refractivity contribution is -0.144. The number of ether oxygens (including phenoxy) is 4. The van der Waals surface area contributed by atoms with Gasteiger partial charge in [0.1, 0.15) is 30.0 Å². The maximum absolute atomic E-state index is 12.0. The molecule has 1 saturated heterocycles. The van der Waals surface area contributed by atoms with Crippen molar-refractivity contribution in [1.82, 2.24) is 0 Å². The van der Waals surface area contributed by atoms with Crippen LogP contribution in [-0.2, 0) is 32.4 Å². The molecule has 2 aliphatic heterocycles. The van der Waals surface area contributed by atoms with Gasteiger partial charge in [0, 0.05) is 12.0 Å². The van der Waals surface area contributed by atoms with E-state index in [1.54, 1.807) is 0 Å². The van der Waals surface area contributed by atoms with Gasteiger partial charge < -0.3 is 18.9 Å². The monoisotopic (exact) mass is 576 g/mol. The van der Waals surface area contributed by atoms with Gasteiger partial charge in [-0.2, -0.15) is 0 Å². The van der Waals surface area contributed by atoms with Crippen molar-refractivity contribution in [2.24, 2.45) is 5.92 Å². The molecule has 0 aromatic heterocycles. The molecular weight excluding hydrogens is 540 g/mol. The minimum Gasteiger partial charge on any atom is -0.493 e. The van der Waals surface area contributed by atoms with E-state index in [9.17, 15) is 13.2 Å². The molecule has 2 heterocycles. The number of aryl methyl sites for hydroxylation is 1. The molecule has 216 valence electrons. The zero-order valence-electron chi connectivity index (χ0n) is 23.6. The van der Waals surface area contributed by atoms with Crippen LogP contribution in [0.15, 0.2) is 54.6 Å². The van der Waals surface area contributed by atoms with E-state index in [1.165, 1.54) is 0 Å². The van der Waals surface area contributed by atoms with Crippen molar-refractivity contribution in [3.05, 3.63) is 76.9 Å². The highest BCUT2D eigenvalue weighted by molar-refractivity contribution is 7.91. The summed E-state index contributed by atoms with van der Waals surface area (Å²) >= 11 is 0. The maximum atomic E-state index is 12.0. The van der Waals surface area contributed by atoms with Gasteiger partial charge in [-0.3, -0.25) is 4.79 Å². The lowest BCUT2D eigenvalue weighted by Gasteiger charge is -2.24. The molecule has 0 spiro atoms. The Morgan fingerprint density at radius 3 is 2.54 bits per heavy atom. The average Bonchev–Trinajstić information content (AvgIpc) is 3.77. The summed E-state index contributed by atoms with van der Waals surface area (Å²) in [7, 11) is -2.93. The fourth-order valence-corrected chi connectivity index (χ4v) is 7.41. The van der Waals surface area contributed by atoms with Crippen LogP contribution in [0.3, 0.4) is 0 Å². The third-order valence-electron chi connectivity index (χ3n) is 8.23. The first kappa shape index (κ1) is 27.6. The number of benzene rings is 3. The van der Waals surface area contributed by atoms with Crippen molar-refractivity contribution in [1.29, 1.82) is 0 Å². The van der Waals surface area contributed by atoms with Crippen LogP contribution in [-0.4, -0.2) is 45.2 Å². The van der Waals surface area contributed by atoms with E-state index < -0.39 is 9.84 Å². The Kier molecular flexibility index (Phi) is 7.68. The first-order valence-corrected chi connectivity index (χ1v) is 16.3. The van der Waals surface area contributed by atoms with E-state index in [0.717, 1.165) is 63.5 Å². The predicted molar refractivity (Wildman–Crippen MR) is 156 cm³/mol. The Bertz CT molecular complexity index is 1530. The summed E-state index contributed by atoms with van der Waals surface area (Å²) < 4.78 is 47.2. The van der Waals surface area contributed by atoms with Crippen LogP contribution in [0.4, 0.5) is 0 Å². The normalized spacial score (nSPS) is 21.0. The number of carbonyl (C=O) groups is 1. The quantitative estimate of drug-likeness (QED) is 0.313. The van der Waals surface area contributed by atoms with Gasteiger partial charge in [-0.05, 0) is 103 Å². The molecule has 8 heteroatoms. The van der Waals surface area contributed by atoms with Gasteiger partial charge in [0.2, 0.25) is 0 Å². The highest BCUT2D eigenvalue weighted by atomic mass is 32.2. The molecule has 0 unspecified atom stereocenters. The van der Waals surface area contributed by atoms with Gasteiger partial charge in [-0.25, -0.2) is 8.42 Å². The molecule has 7 nitrogen and oxygen atoms in total. The molecule has 2 fully saturated rings. The van der Waals surface area contributed by atoms with Crippen molar-refractivity contribution < 1.29 is 32.2 Å². The summed E-state index contributed by atoms with van der Waals surface area (Å²) in [5.74, 6) is 2.91. The fourth-order valence-electron chi connectivity index (χ4n) is 5.96. The molecule has 0 radical (unpaired) electrons. The standard InChI is InChI=1S/C33H36O7S/c1-3-37-33(34)29-19-28(29)23-5-7-25(8-6-23)39-20-22-4-9-31-30(17-22)32-21(2)16-27(18-24(32)10-13-38-31)40-26-11-14-41(35,36)15-12-26/h4-9,16-18,26,28-29H,3,10-15,19-20H2,1-2H3/t28-,29+/m1/s1. The summed E-state index contributed by atoms with van der Waals surface area (Å²) in [5, 5.41) is 0. The van der Waals surface area contributed by atoms with Crippen LogP contribution in [0.2, 0.25) is 0 Å². The number of fused-ring (bicyclic) bond motifs is 3. The smallest absolute Gasteiger partial charge is 0.309 e. The van der Waals surface area contributed by atoms with E-state index in [-0.39, 0.29) is 35.4 Å². The molecule has 0 N–H and O–H groups in total. The van der Waals surface area contributed by atoms with Gasteiger partial charge in [-0.1, -0.05) is 18.2 Å². The molecule has 3 aromatic rings. The van der Waals surface area contributed by atoms with Gasteiger partial charge in [0.05, 0.1) is 30.6 Å². The van der Waals surface area contributed by atoms with Crippen molar-refractivity contribution in [2.75, 3.05) is 24.7 Å². The summed E-state index contributed by atoms with van der Waals surface area (Å²) in [6, 6.07) is 18.3. The van der Waals surface area contributed by atoms with Gasteiger partial charge in [-0.15, -0.1) is 0 Å². The van der Waals surface area contributed by atoms with Crippen molar-refractivity contribution >= 4 is 15.8 Å². The molecule has 0 bridgehead atoms. The lowest BCUT2D eigenvalue weighted by Crippen LogP contribution is -2.30. The molecule has 2 atom stereocenters. The van der Waals surface area contributed by atoms with E-state index in [2.05, 4.69) is 19.1 Å². The second kappa shape index (κ2) is 11.4. The first-order chi connectivity index (χ1) is 19.8. The van der Waals surface area contributed by atoms with E-state index in [0.29, 0.717) is 32.7 Å². The average molecular weight is 577 g/mol. The summed E-state index contributed by atoms with van der Waals surface area (Å²) in [5.41, 5.74) is 6.64. The molecular formula is C33H36O7S. The van der Waals surface area contributed by atoms with Crippen molar-refractivity contribution in [3.63, 3.8) is 0 Å². The van der Waals surface area contributed by atoms with Crippen LogP contribution in [0.5, 0.6) is 17.2 Å². The SMILES string of the molecule is CCOC(=O)[C@H]1C[C@@H]1c1ccc(OCc2ccc3c(c2)-c2c(C)cc(OC4CCS(=O)(=O)CC4)cc2CCO3)cc1. The zero-order valence-corrected chi connectivity index (χ0v) is 24.4. The van der Waals surface area contributed by atoms with Crippen LogP contribution >= 0.6 is 0 Å². The molecule has 41 heavy (non-hydrogen) atoms. The summed E-state index contributed by atoms with van der Waals surface area (Å²) in [6.07, 6.45) is 2.59. The van der Waals surface area contributed by atoms with E-state index in [4.69, 9.17) is 18.9 Å². The molecule has 0 amide bonds. The zero-order chi connectivity index (χ0) is 28.6. The third-order valence-corrected chi connectivity index (χ3v) is 9.95. The topological polar surface area (TPSA) is 88.1 Å². The Hall–Kier alpha value is -3.52. The first-order valence-electron chi connectivity index (χ1n) is 14.5. The highest BCUT2D eigenvalue weighted by Crippen LogP contribution is 2.48. The maximum Gasteiger partial charge on any atom is 0.309 e. The van der Waals surface area contributed by atoms with Crippen LogP contribution < -0.4 is 14.2 Å². The molecule has 3 aromatic carbocycles. The number of sulfone groups is 1. The largest absolute Gasteiger partial charge is 0.493 e. The van der Waals surface area contributed by atoms with Crippen LogP contribution in [0.25, 0.3) is 11.1 Å². The lowest BCUT2D eigenvalue weighted by atomic mass is 9.92. The van der Waals surface area contributed by atoms with Crippen molar-refractivity contribution in [3.8, 4) is 28.4 Å². The molecule has 1 aliphatic carbocycles. The molecule has 1 saturated carbocycles. The predicted octanol–water partition coefficient (Wildman–Crippen LogP) is 5.80. The van der Waals surface area contributed by atoms with Gasteiger partial charge >= 0.3 is 5.97 Å². The van der Waals surface area contributed by atoms with Gasteiger partial charge in [0.15, 0.2) is 9.84 Å². The van der Waals surface area contributed by atoms with E-state index in [1.807, 2.05) is 49.4 Å². The number of hydrogen-bond acceptors (Lipinski definition) is 7. The number of rotatable bonds is 8. The second-order valence-electron chi connectivity index (χ2n) is 11.2. The summed E-state index contributed by atoms with van der Waals surface area (Å²) in [6.45, 7) is 5.33. The van der Waals surface area contributed by atoms with E-state index >= 15 is 0 Å². The minimum absolute atomic E-state index is 0.0245. The Morgan fingerprint density at radius 1 is 1.00 bits per heavy atom. The fraction of sp³-hybridized carbons (Fsp3) is 0.424. The summed E-state index contributed by atoms with van der Waals surface area (Å²) in [4.78, 5) is 12.0. The highest BCUT2D eigenvalue weighted by Gasteiger charge is 2.45. The van der Waals surface area contributed by atoms with Gasteiger partial charge in [0.25, 0.3) is 0 Å². The van der Waals surface area contributed by atoms with Crippen molar-refractivity contribution in [2.45, 2.75) is 58.2 Å². The molecule has 6 rings (SSSR count). The number of carbonyl (C=O) groups excluding carboxylic acids is 1. The third kappa shape index (κ3) is 6.22. The Balaban J connectivity index is 1.14.